The van der Waals surface area contributed by atoms with Crippen LogP contribution in [-0.4, -0.2) is 29.5 Å². The Hall–Kier alpha value is -0.890. The minimum absolute atomic E-state index is 0.123. The summed E-state index contributed by atoms with van der Waals surface area (Å²) in [6, 6.07) is 4.23. The number of ether oxygens (including phenoxy) is 1. The Morgan fingerprint density at radius 3 is 2.79 bits per heavy atom. The number of amides is 1. The second kappa shape index (κ2) is 7.64. The molecule has 1 rings (SSSR count). The molecule has 0 bridgehead atoms. The minimum Gasteiger partial charge on any atom is -0.468 e. The molecule has 0 heterocycles. The van der Waals surface area contributed by atoms with Crippen LogP contribution in [0.15, 0.2) is 18.2 Å². The normalized spacial score (nSPS) is 11.8. The molecule has 1 aromatic carbocycles. The van der Waals surface area contributed by atoms with E-state index in [1.807, 2.05) is 22.6 Å². The number of methoxy groups -OCH3 is 1. The van der Waals surface area contributed by atoms with Crippen molar-refractivity contribution >= 4 is 46.1 Å². The quantitative estimate of drug-likeness (QED) is 0.469. The molecule has 0 aliphatic heterocycles. The van der Waals surface area contributed by atoms with E-state index in [-0.39, 0.29) is 23.6 Å². The molecule has 4 nitrogen and oxygen atoms in total. The molecule has 7 heteroatoms. The third-order valence-corrected chi connectivity index (χ3v) is 3.64. The van der Waals surface area contributed by atoms with E-state index < -0.39 is 21.6 Å². The molecule has 104 valence electrons. The van der Waals surface area contributed by atoms with Crippen molar-refractivity contribution in [3.05, 3.63) is 34.6 Å². The zero-order chi connectivity index (χ0) is 14.4. The maximum Gasteiger partial charge on any atom is 0.320 e. The fourth-order valence-corrected chi connectivity index (χ4v) is 2.04. The van der Waals surface area contributed by atoms with Crippen molar-refractivity contribution in [3.63, 3.8) is 0 Å². The second-order valence-electron chi connectivity index (χ2n) is 3.67. The van der Waals surface area contributed by atoms with Crippen LogP contribution in [-0.2, 0) is 20.7 Å². The van der Waals surface area contributed by atoms with Gasteiger partial charge in [0.05, 0.1) is 13.5 Å². The Morgan fingerprint density at radius 2 is 2.21 bits per heavy atom. The number of carbonyl (C=O) groups excluding carboxylic acids is 2. The molecular weight excluding hydrogens is 387 g/mol. The van der Waals surface area contributed by atoms with Gasteiger partial charge in [-0.05, 0) is 12.1 Å². The summed E-state index contributed by atoms with van der Waals surface area (Å²) in [6.07, 6.45) is -0.171. The van der Waals surface area contributed by atoms with Gasteiger partial charge in [0.2, 0.25) is 5.91 Å². The van der Waals surface area contributed by atoms with E-state index in [1.165, 1.54) is 25.3 Å². The second-order valence-corrected chi connectivity index (χ2v) is 5.58. The van der Waals surface area contributed by atoms with Gasteiger partial charge in [-0.2, -0.15) is 0 Å². The summed E-state index contributed by atoms with van der Waals surface area (Å²) >= 11 is 7.67. The summed E-state index contributed by atoms with van der Waals surface area (Å²) in [5.41, 5.74) is 0.143. The molecule has 1 N–H and O–H groups in total. The SMILES string of the molecule is COC(=O)C(I)CNC(=O)Cc1c(F)cccc1Cl. The highest BCUT2D eigenvalue weighted by molar-refractivity contribution is 14.1. The monoisotopic (exact) mass is 399 g/mol. The lowest BCUT2D eigenvalue weighted by Gasteiger charge is -2.10. The number of esters is 1. The first-order valence-electron chi connectivity index (χ1n) is 5.37. The Bertz CT molecular complexity index is 464. The molecule has 0 spiro atoms. The van der Waals surface area contributed by atoms with Crippen LogP contribution >= 0.6 is 34.2 Å². The van der Waals surface area contributed by atoms with Crippen LogP contribution < -0.4 is 5.32 Å². The largest absolute Gasteiger partial charge is 0.468 e. The average Bonchev–Trinajstić information content (AvgIpc) is 2.39. The number of benzene rings is 1. The van der Waals surface area contributed by atoms with Crippen molar-refractivity contribution in [2.75, 3.05) is 13.7 Å². The summed E-state index contributed by atoms with van der Waals surface area (Å²) < 4.78 is 17.5. The predicted octanol–water partition coefficient (Wildman–Crippen LogP) is 2.11. The van der Waals surface area contributed by atoms with E-state index in [1.54, 1.807) is 0 Å². The van der Waals surface area contributed by atoms with E-state index >= 15 is 0 Å². The van der Waals surface area contributed by atoms with E-state index in [9.17, 15) is 14.0 Å². The number of halogens is 3. The van der Waals surface area contributed by atoms with Crippen molar-refractivity contribution in [2.45, 2.75) is 10.3 Å². The van der Waals surface area contributed by atoms with Crippen molar-refractivity contribution in [1.82, 2.24) is 5.32 Å². The average molecular weight is 400 g/mol. The number of rotatable bonds is 5. The van der Waals surface area contributed by atoms with Gasteiger partial charge in [0.25, 0.3) is 0 Å². The fraction of sp³-hybridized carbons (Fsp3) is 0.333. The molecule has 1 aromatic rings. The minimum atomic E-state index is -0.526. The van der Waals surface area contributed by atoms with Gasteiger partial charge in [0, 0.05) is 17.1 Å². The molecule has 0 fully saturated rings. The Labute approximate surface area is 128 Å². The van der Waals surface area contributed by atoms with Crippen LogP contribution in [0, 0.1) is 5.82 Å². The van der Waals surface area contributed by atoms with Crippen LogP contribution in [0.25, 0.3) is 0 Å². The number of carbonyl (C=O) groups is 2. The number of alkyl halides is 1. The van der Waals surface area contributed by atoms with Crippen molar-refractivity contribution in [2.24, 2.45) is 0 Å². The zero-order valence-electron chi connectivity index (χ0n) is 10.1. The molecule has 0 saturated carbocycles. The van der Waals surface area contributed by atoms with Gasteiger partial charge in [0.15, 0.2) is 0 Å². The molecule has 0 radical (unpaired) electrons. The van der Waals surface area contributed by atoms with Crippen LogP contribution in [0.1, 0.15) is 5.56 Å². The maximum atomic E-state index is 13.5. The third kappa shape index (κ3) is 4.94. The fourth-order valence-electron chi connectivity index (χ4n) is 1.34. The van der Waals surface area contributed by atoms with E-state index in [0.717, 1.165) is 0 Å². The van der Waals surface area contributed by atoms with Crippen LogP contribution in [0.3, 0.4) is 0 Å². The van der Waals surface area contributed by atoms with Gasteiger partial charge >= 0.3 is 5.97 Å². The highest BCUT2D eigenvalue weighted by atomic mass is 127. The van der Waals surface area contributed by atoms with Gasteiger partial charge in [-0.15, -0.1) is 0 Å². The van der Waals surface area contributed by atoms with Crippen LogP contribution in [0.4, 0.5) is 4.39 Å². The summed E-state index contributed by atoms with van der Waals surface area (Å²) in [6.45, 7) is 0.123. The molecule has 0 aliphatic carbocycles. The first kappa shape index (κ1) is 16.2. The smallest absolute Gasteiger partial charge is 0.320 e. The van der Waals surface area contributed by atoms with Gasteiger partial charge in [0.1, 0.15) is 9.74 Å². The lowest BCUT2D eigenvalue weighted by atomic mass is 10.1. The van der Waals surface area contributed by atoms with E-state index in [0.29, 0.717) is 0 Å². The van der Waals surface area contributed by atoms with Crippen molar-refractivity contribution in [1.29, 1.82) is 0 Å². The maximum absolute atomic E-state index is 13.5. The molecular formula is C12H12ClFINO3. The van der Waals surface area contributed by atoms with Crippen LogP contribution in [0.5, 0.6) is 0 Å². The summed E-state index contributed by atoms with van der Waals surface area (Å²) in [5, 5.41) is 2.73. The molecule has 0 aromatic heterocycles. The molecule has 1 unspecified atom stereocenters. The predicted molar refractivity (Wildman–Crippen MR) is 77.9 cm³/mol. The zero-order valence-corrected chi connectivity index (χ0v) is 13.0. The summed E-state index contributed by atoms with van der Waals surface area (Å²) in [7, 11) is 1.27. The number of nitrogens with one attached hydrogen (secondary N) is 1. The molecule has 1 amide bonds. The molecule has 1 atom stereocenters. The highest BCUT2D eigenvalue weighted by Gasteiger charge is 2.17. The van der Waals surface area contributed by atoms with Crippen molar-refractivity contribution in [3.8, 4) is 0 Å². The Kier molecular flexibility index (Phi) is 6.50. The van der Waals surface area contributed by atoms with Gasteiger partial charge in [-0.1, -0.05) is 40.3 Å². The first-order valence-corrected chi connectivity index (χ1v) is 6.99. The van der Waals surface area contributed by atoms with E-state index in [4.69, 9.17) is 11.6 Å². The third-order valence-electron chi connectivity index (χ3n) is 2.33. The molecule has 0 saturated heterocycles. The van der Waals surface area contributed by atoms with Crippen LogP contribution in [0.2, 0.25) is 5.02 Å². The summed E-state index contributed by atoms with van der Waals surface area (Å²) in [5.74, 6) is -1.36. The molecule has 19 heavy (non-hydrogen) atoms. The number of hydrogen-bond acceptors (Lipinski definition) is 3. The topological polar surface area (TPSA) is 55.4 Å². The van der Waals surface area contributed by atoms with Gasteiger partial charge in [-0.3, -0.25) is 9.59 Å². The molecule has 0 aliphatic rings. The Balaban J connectivity index is 2.54. The highest BCUT2D eigenvalue weighted by Crippen LogP contribution is 2.19. The lowest BCUT2D eigenvalue weighted by Crippen LogP contribution is -2.34. The van der Waals surface area contributed by atoms with Crippen molar-refractivity contribution < 1.29 is 18.7 Å². The number of hydrogen-bond donors (Lipinski definition) is 1. The standard InChI is InChI=1S/C12H12ClFINO3/c1-19-12(18)10(15)6-16-11(17)5-7-8(13)3-2-4-9(7)14/h2-4,10H,5-6H2,1H3,(H,16,17). The van der Waals surface area contributed by atoms with Gasteiger partial charge in [-0.25, -0.2) is 4.39 Å². The lowest BCUT2D eigenvalue weighted by molar-refractivity contribution is -0.139. The summed E-state index contributed by atoms with van der Waals surface area (Å²) in [4.78, 5) is 22.8. The Morgan fingerprint density at radius 1 is 1.53 bits per heavy atom. The van der Waals surface area contributed by atoms with E-state index in [2.05, 4.69) is 10.1 Å². The van der Waals surface area contributed by atoms with Gasteiger partial charge < -0.3 is 10.1 Å². The first-order chi connectivity index (χ1) is 8.95.